The van der Waals surface area contributed by atoms with Crippen molar-refractivity contribution in [3.63, 3.8) is 0 Å². The highest BCUT2D eigenvalue weighted by atomic mass is 35.5. The van der Waals surface area contributed by atoms with E-state index in [0.717, 1.165) is 5.56 Å². The van der Waals surface area contributed by atoms with Gasteiger partial charge in [0.05, 0.1) is 5.38 Å². The molecule has 0 fully saturated rings. The van der Waals surface area contributed by atoms with Gasteiger partial charge in [0.25, 0.3) is 0 Å². The molecule has 106 valence electrons. The molecule has 0 nitrogen and oxygen atoms in total. The summed E-state index contributed by atoms with van der Waals surface area (Å²) in [6.45, 7) is 5.59. The topological polar surface area (TPSA) is 0 Å². The predicted molar refractivity (Wildman–Crippen MR) is 79.3 cm³/mol. The Balaban J connectivity index is 2.25. The van der Waals surface area contributed by atoms with Crippen LogP contribution in [0.3, 0.4) is 0 Å². The van der Waals surface area contributed by atoms with Gasteiger partial charge in [-0.2, -0.15) is 0 Å². The SMILES string of the molecule is Cc1ccc(CC(Cl)c2cc(F)c(C)cc2F)cc1C. The van der Waals surface area contributed by atoms with Gasteiger partial charge in [-0.3, -0.25) is 0 Å². The maximum absolute atomic E-state index is 13.9. The highest BCUT2D eigenvalue weighted by Gasteiger charge is 2.16. The Bertz CT molecular complexity index is 635. The molecule has 0 heterocycles. The third kappa shape index (κ3) is 3.18. The van der Waals surface area contributed by atoms with Crippen LogP contribution in [0.5, 0.6) is 0 Å². The third-order valence-electron chi connectivity index (χ3n) is 3.60. The van der Waals surface area contributed by atoms with E-state index in [1.165, 1.54) is 30.2 Å². The Morgan fingerprint density at radius 2 is 1.60 bits per heavy atom. The second-order valence-electron chi connectivity index (χ2n) is 5.21. The van der Waals surface area contributed by atoms with Crippen molar-refractivity contribution in [3.8, 4) is 0 Å². The number of aryl methyl sites for hydroxylation is 3. The van der Waals surface area contributed by atoms with Gasteiger partial charge in [0.2, 0.25) is 0 Å². The fourth-order valence-electron chi connectivity index (χ4n) is 2.15. The summed E-state index contributed by atoms with van der Waals surface area (Å²) in [5, 5.41) is -0.577. The van der Waals surface area contributed by atoms with Gasteiger partial charge in [-0.05, 0) is 61.6 Å². The molecule has 2 aromatic carbocycles. The number of alkyl halides is 1. The van der Waals surface area contributed by atoms with Crippen LogP contribution in [0.4, 0.5) is 8.78 Å². The molecular weight excluding hydrogens is 278 g/mol. The Labute approximate surface area is 123 Å². The van der Waals surface area contributed by atoms with E-state index < -0.39 is 17.0 Å². The Kier molecular flexibility index (Phi) is 4.44. The molecule has 0 saturated heterocycles. The summed E-state index contributed by atoms with van der Waals surface area (Å²) in [5.41, 5.74) is 3.90. The molecule has 0 aliphatic heterocycles. The molecule has 0 saturated carbocycles. The summed E-state index contributed by atoms with van der Waals surface area (Å²) in [7, 11) is 0. The van der Waals surface area contributed by atoms with Crippen molar-refractivity contribution in [2.24, 2.45) is 0 Å². The molecule has 0 aromatic heterocycles. The van der Waals surface area contributed by atoms with E-state index in [1.54, 1.807) is 0 Å². The fourth-order valence-corrected chi connectivity index (χ4v) is 2.49. The smallest absolute Gasteiger partial charge is 0.128 e. The predicted octanol–water partition coefficient (Wildman–Crippen LogP) is 5.41. The third-order valence-corrected chi connectivity index (χ3v) is 3.99. The van der Waals surface area contributed by atoms with E-state index in [9.17, 15) is 8.78 Å². The summed E-state index contributed by atoms with van der Waals surface area (Å²) < 4.78 is 27.4. The maximum atomic E-state index is 13.9. The second kappa shape index (κ2) is 5.92. The average molecular weight is 295 g/mol. The molecule has 0 N–H and O–H groups in total. The Morgan fingerprint density at radius 1 is 0.900 bits per heavy atom. The first-order valence-corrected chi connectivity index (χ1v) is 6.98. The molecule has 2 aromatic rings. The lowest BCUT2D eigenvalue weighted by molar-refractivity contribution is 0.575. The first kappa shape index (κ1) is 15.0. The van der Waals surface area contributed by atoms with Gasteiger partial charge in [0.1, 0.15) is 11.6 Å². The van der Waals surface area contributed by atoms with Crippen molar-refractivity contribution in [2.45, 2.75) is 32.6 Å². The van der Waals surface area contributed by atoms with Crippen LogP contribution in [0.25, 0.3) is 0 Å². The molecule has 0 aliphatic carbocycles. The molecular formula is C17H17ClF2. The molecule has 0 amide bonds. The van der Waals surface area contributed by atoms with Gasteiger partial charge >= 0.3 is 0 Å². The van der Waals surface area contributed by atoms with Crippen molar-refractivity contribution < 1.29 is 8.78 Å². The fraction of sp³-hybridized carbons (Fsp3) is 0.294. The first-order chi connectivity index (χ1) is 9.38. The molecule has 0 radical (unpaired) electrons. The molecule has 2 rings (SSSR count). The highest BCUT2D eigenvalue weighted by molar-refractivity contribution is 6.20. The van der Waals surface area contributed by atoms with Gasteiger partial charge in [0.15, 0.2) is 0 Å². The zero-order valence-electron chi connectivity index (χ0n) is 11.8. The zero-order chi connectivity index (χ0) is 14.9. The highest BCUT2D eigenvalue weighted by Crippen LogP contribution is 2.29. The van der Waals surface area contributed by atoms with Crippen molar-refractivity contribution in [1.29, 1.82) is 0 Å². The summed E-state index contributed by atoms with van der Waals surface area (Å²) in [4.78, 5) is 0. The van der Waals surface area contributed by atoms with E-state index in [2.05, 4.69) is 0 Å². The average Bonchev–Trinajstić information content (AvgIpc) is 2.38. The van der Waals surface area contributed by atoms with Crippen LogP contribution in [0.1, 0.15) is 33.2 Å². The lowest BCUT2D eigenvalue weighted by atomic mass is 9.99. The van der Waals surface area contributed by atoms with E-state index in [4.69, 9.17) is 11.6 Å². The van der Waals surface area contributed by atoms with Crippen molar-refractivity contribution in [1.82, 2.24) is 0 Å². The summed E-state index contributed by atoms with van der Waals surface area (Å²) >= 11 is 6.26. The molecule has 3 heteroatoms. The van der Waals surface area contributed by atoms with E-state index in [0.29, 0.717) is 12.0 Å². The van der Waals surface area contributed by atoms with Gasteiger partial charge in [-0.1, -0.05) is 18.2 Å². The van der Waals surface area contributed by atoms with Crippen LogP contribution in [-0.2, 0) is 6.42 Å². The number of benzene rings is 2. The minimum absolute atomic E-state index is 0.216. The lowest BCUT2D eigenvalue weighted by Gasteiger charge is -2.13. The van der Waals surface area contributed by atoms with Crippen LogP contribution < -0.4 is 0 Å². The summed E-state index contributed by atoms with van der Waals surface area (Å²) in [5.74, 6) is -0.875. The van der Waals surface area contributed by atoms with E-state index in [1.807, 2.05) is 32.0 Å². The van der Waals surface area contributed by atoms with Crippen molar-refractivity contribution in [2.75, 3.05) is 0 Å². The maximum Gasteiger partial charge on any atom is 0.128 e. The van der Waals surface area contributed by atoms with Gasteiger partial charge in [0, 0.05) is 5.56 Å². The molecule has 0 aliphatic rings. The largest absolute Gasteiger partial charge is 0.207 e. The molecule has 1 unspecified atom stereocenters. The minimum Gasteiger partial charge on any atom is -0.207 e. The normalized spacial score (nSPS) is 12.5. The van der Waals surface area contributed by atoms with Crippen LogP contribution in [0.15, 0.2) is 30.3 Å². The summed E-state index contributed by atoms with van der Waals surface area (Å²) in [6, 6.07) is 8.41. The van der Waals surface area contributed by atoms with Crippen LogP contribution in [0, 0.1) is 32.4 Å². The molecule has 20 heavy (non-hydrogen) atoms. The van der Waals surface area contributed by atoms with Crippen LogP contribution in [0.2, 0.25) is 0 Å². The quantitative estimate of drug-likeness (QED) is 0.664. The van der Waals surface area contributed by atoms with Gasteiger partial charge in [-0.15, -0.1) is 11.6 Å². The summed E-state index contributed by atoms with van der Waals surface area (Å²) in [6.07, 6.45) is 0.474. The van der Waals surface area contributed by atoms with E-state index >= 15 is 0 Å². The Morgan fingerprint density at radius 3 is 2.25 bits per heavy atom. The van der Waals surface area contributed by atoms with Crippen molar-refractivity contribution in [3.05, 3.63) is 69.8 Å². The molecule has 1 atom stereocenters. The van der Waals surface area contributed by atoms with Crippen LogP contribution >= 0.6 is 11.6 Å². The first-order valence-electron chi connectivity index (χ1n) is 6.54. The Hall–Kier alpha value is -1.41. The standard InChI is InChI=1S/C17H17ClF2/c1-10-4-5-13(6-11(10)2)8-15(18)14-9-16(19)12(3)7-17(14)20/h4-7,9,15H,8H2,1-3H3. The van der Waals surface area contributed by atoms with Crippen LogP contribution in [-0.4, -0.2) is 0 Å². The second-order valence-corrected chi connectivity index (χ2v) is 5.74. The number of hydrogen-bond donors (Lipinski definition) is 0. The minimum atomic E-state index is -0.577. The number of rotatable bonds is 3. The van der Waals surface area contributed by atoms with Crippen molar-refractivity contribution >= 4 is 11.6 Å². The molecule has 0 bridgehead atoms. The molecule has 0 spiro atoms. The lowest BCUT2D eigenvalue weighted by Crippen LogP contribution is -2.02. The number of hydrogen-bond acceptors (Lipinski definition) is 0. The van der Waals surface area contributed by atoms with E-state index in [-0.39, 0.29) is 5.56 Å². The number of halogens is 3. The monoisotopic (exact) mass is 294 g/mol. The zero-order valence-corrected chi connectivity index (χ0v) is 12.6. The van der Waals surface area contributed by atoms with Gasteiger partial charge in [-0.25, -0.2) is 8.78 Å². The van der Waals surface area contributed by atoms with Gasteiger partial charge < -0.3 is 0 Å².